The molecule has 2 aromatic carbocycles. The summed E-state index contributed by atoms with van der Waals surface area (Å²) in [6.45, 7) is 6.90. The molecule has 0 saturated heterocycles. The molecule has 0 aromatic heterocycles. The molecule has 0 radical (unpaired) electrons. The van der Waals surface area contributed by atoms with Crippen LogP contribution in [0.25, 0.3) is 0 Å². The maximum absolute atomic E-state index is 12.9. The smallest absolute Gasteiger partial charge is 0.307 e. The number of carbonyl (C=O) groups is 2. The molecule has 29 heavy (non-hydrogen) atoms. The molecule has 1 unspecified atom stereocenters. The number of hydrogen-bond acceptors (Lipinski definition) is 5. The van der Waals surface area contributed by atoms with Gasteiger partial charge in [0.05, 0.1) is 18.7 Å². The van der Waals surface area contributed by atoms with E-state index in [0.717, 1.165) is 16.8 Å². The molecule has 1 amide bonds. The summed E-state index contributed by atoms with van der Waals surface area (Å²) in [6, 6.07) is 17.3. The molecule has 152 valence electrons. The first kappa shape index (κ1) is 20.6. The van der Waals surface area contributed by atoms with Gasteiger partial charge in [0.25, 0.3) is 5.91 Å². The van der Waals surface area contributed by atoms with E-state index in [1.165, 1.54) is 0 Å². The molecule has 0 bridgehead atoms. The van der Waals surface area contributed by atoms with Gasteiger partial charge in [0.1, 0.15) is 6.04 Å². The first-order valence-electron chi connectivity index (χ1n) is 9.92. The highest BCUT2D eigenvalue weighted by Gasteiger charge is 2.36. The Morgan fingerprint density at radius 2 is 1.83 bits per heavy atom. The maximum atomic E-state index is 12.9. The summed E-state index contributed by atoms with van der Waals surface area (Å²) >= 11 is 0. The molecule has 6 heteroatoms. The summed E-state index contributed by atoms with van der Waals surface area (Å²) in [7, 11) is 0. The van der Waals surface area contributed by atoms with Crippen LogP contribution in [0.15, 0.2) is 59.6 Å². The van der Waals surface area contributed by atoms with E-state index in [0.29, 0.717) is 25.7 Å². The van der Waals surface area contributed by atoms with Crippen LogP contribution in [-0.2, 0) is 20.9 Å². The van der Waals surface area contributed by atoms with Crippen molar-refractivity contribution in [1.82, 2.24) is 4.90 Å². The lowest BCUT2D eigenvalue weighted by Crippen LogP contribution is -2.45. The number of hydrogen-bond donors (Lipinski definition) is 0. The molecule has 3 rings (SSSR count). The van der Waals surface area contributed by atoms with Gasteiger partial charge in [0.15, 0.2) is 0 Å². The van der Waals surface area contributed by atoms with Crippen LogP contribution in [0.5, 0.6) is 0 Å². The fourth-order valence-corrected chi connectivity index (χ4v) is 3.24. The number of aryl methyl sites for hydroxylation is 1. The number of anilines is 1. The highest BCUT2D eigenvalue weighted by atomic mass is 16.5. The lowest BCUT2D eigenvalue weighted by Gasteiger charge is -2.30. The number of nitrogens with zero attached hydrogens (tertiary/aromatic N) is 3. The van der Waals surface area contributed by atoms with E-state index in [2.05, 4.69) is 4.99 Å². The van der Waals surface area contributed by atoms with Gasteiger partial charge in [-0.05, 0) is 38.5 Å². The Balaban J connectivity index is 1.90. The average Bonchev–Trinajstić information content (AvgIpc) is 3.01. The molecular formula is C23H27N3O3. The number of aliphatic imine (C=N–C) groups is 1. The number of rotatable bonds is 7. The molecular weight excluding hydrogens is 366 g/mol. The van der Waals surface area contributed by atoms with Crippen LogP contribution < -0.4 is 4.90 Å². The highest BCUT2D eigenvalue weighted by molar-refractivity contribution is 6.21. The SMILES string of the molecule is CCOC(=O)CCN(Cc1ccccc1)C1=NC(C)C(=O)N1c1ccc(C)cc1. The lowest BCUT2D eigenvalue weighted by atomic mass is 10.2. The number of carbonyl (C=O) groups excluding carboxylic acids is 2. The second-order valence-electron chi connectivity index (χ2n) is 7.08. The molecule has 2 aromatic rings. The predicted octanol–water partition coefficient (Wildman–Crippen LogP) is 3.54. The maximum Gasteiger partial charge on any atom is 0.307 e. The van der Waals surface area contributed by atoms with Gasteiger partial charge < -0.3 is 9.64 Å². The number of guanidine groups is 1. The second-order valence-corrected chi connectivity index (χ2v) is 7.08. The van der Waals surface area contributed by atoms with E-state index < -0.39 is 6.04 Å². The summed E-state index contributed by atoms with van der Waals surface area (Å²) < 4.78 is 5.09. The van der Waals surface area contributed by atoms with Crippen LogP contribution in [0.4, 0.5) is 5.69 Å². The third-order valence-electron chi connectivity index (χ3n) is 4.77. The Hall–Kier alpha value is -3.15. The van der Waals surface area contributed by atoms with Crippen LogP contribution >= 0.6 is 0 Å². The largest absolute Gasteiger partial charge is 0.466 e. The average molecular weight is 393 g/mol. The number of ether oxygens (including phenoxy) is 1. The quantitative estimate of drug-likeness (QED) is 0.675. The zero-order valence-electron chi connectivity index (χ0n) is 17.2. The van der Waals surface area contributed by atoms with E-state index in [1.54, 1.807) is 18.7 Å². The van der Waals surface area contributed by atoms with Gasteiger partial charge in [-0.25, -0.2) is 9.89 Å². The standard InChI is InChI=1S/C23H27N3O3/c1-4-29-21(27)14-15-25(16-19-8-6-5-7-9-19)23-24-18(3)22(28)26(23)20-12-10-17(2)11-13-20/h5-13,18H,4,14-16H2,1-3H3. The Bertz CT molecular complexity index is 878. The lowest BCUT2D eigenvalue weighted by molar-refractivity contribution is -0.143. The van der Waals surface area contributed by atoms with Crippen molar-refractivity contribution in [3.8, 4) is 0 Å². The van der Waals surface area contributed by atoms with Crippen molar-refractivity contribution in [3.05, 3.63) is 65.7 Å². The van der Waals surface area contributed by atoms with Crippen molar-refractivity contribution in [2.24, 2.45) is 4.99 Å². The molecule has 1 aliphatic rings. The predicted molar refractivity (Wildman–Crippen MR) is 114 cm³/mol. The normalized spacial score (nSPS) is 16.0. The molecule has 0 N–H and O–H groups in total. The second kappa shape index (κ2) is 9.37. The van der Waals surface area contributed by atoms with E-state index in [-0.39, 0.29) is 18.3 Å². The number of esters is 1. The Labute approximate surface area is 171 Å². The third-order valence-corrected chi connectivity index (χ3v) is 4.77. The van der Waals surface area contributed by atoms with Gasteiger partial charge in [-0.15, -0.1) is 0 Å². The Morgan fingerprint density at radius 3 is 2.48 bits per heavy atom. The number of benzene rings is 2. The zero-order chi connectivity index (χ0) is 20.8. The van der Waals surface area contributed by atoms with Crippen molar-refractivity contribution in [1.29, 1.82) is 0 Å². The summed E-state index contributed by atoms with van der Waals surface area (Å²) in [5.74, 6) is 0.239. The van der Waals surface area contributed by atoms with Crippen molar-refractivity contribution in [2.75, 3.05) is 18.1 Å². The monoisotopic (exact) mass is 393 g/mol. The molecule has 6 nitrogen and oxygen atoms in total. The van der Waals surface area contributed by atoms with E-state index >= 15 is 0 Å². The van der Waals surface area contributed by atoms with Crippen LogP contribution in [0.1, 0.15) is 31.4 Å². The number of amides is 1. The van der Waals surface area contributed by atoms with Gasteiger partial charge in [-0.1, -0.05) is 48.0 Å². The van der Waals surface area contributed by atoms with Crippen molar-refractivity contribution in [3.63, 3.8) is 0 Å². The summed E-state index contributed by atoms with van der Waals surface area (Å²) in [6.07, 6.45) is 0.226. The van der Waals surface area contributed by atoms with Gasteiger partial charge in [-0.2, -0.15) is 0 Å². The minimum absolute atomic E-state index is 0.0713. The zero-order valence-corrected chi connectivity index (χ0v) is 17.2. The van der Waals surface area contributed by atoms with Gasteiger partial charge in [-0.3, -0.25) is 9.59 Å². The van der Waals surface area contributed by atoms with E-state index in [4.69, 9.17) is 4.74 Å². The summed E-state index contributed by atoms with van der Waals surface area (Å²) in [4.78, 5) is 33.1. The first-order chi connectivity index (χ1) is 14.0. The van der Waals surface area contributed by atoms with Crippen LogP contribution in [0, 0.1) is 6.92 Å². The minimum atomic E-state index is -0.466. The molecule has 1 atom stereocenters. The molecule has 0 aliphatic carbocycles. The fourth-order valence-electron chi connectivity index (χ4n) is 3.24. The van der Waals surface area contributed by atoms with Crippen molar-refractivity contribution in [2.45, 2.75) is 39.8 Å². The topological polar surface area (TPSA) is 62.2 Å². The van der Waals surface area contributed by atoms with Crippen molar-refractivity contribution < 1.29 is 14.3 Å². The van der Waals surface area contributed by atoms with E-state index in [9.17, 15) is 9.59 Å². The first-order valence-corrected chi connectivity index (χ1v) is 9.92. The van der Waals surface area contributed by atoms with Gasteiger partial charge >= 0.3 is 5.97 Å². The van der Waals surface area contributed by atoms with Crippen molar-refractivity contribution >= 4 is 23.5 Å². The summed E-state index contributed by atoms with van der Waals surface area (Å²) in [5.41, 5.74) is 2.98. The van der Waals surface area contributed by atoms with Crippen LogP contribution in [0.3, 0.4) is 0 Å². The minimum Gasteiger partial charge on any atom is -0.466 e. The molecule has 1 aliphatic heterocycles. The molecule has 0 spiro atoms. The third kappa shape index (κ3) is 5.02. The van der Waals surface area contributed by atoms with Crippen LogP contribution in [0.2, 0.25) is 0 Å². The molecule has 0 fully saturated rings. The Kier molecular flexibility index (Phi) is 6.65. The summed E-state index contributed by atoms with van der Waals surface area (Å²) in [5, 5.41) is 0. The van der Waals surface area contributed by atoms with Gasteiger partial charge in [0, 0.05) is 13.1 Å². The molecule has 0 saturated carbocycles. The fraction of sp³-hybridized carbons (Fsp3) is 0.348. The highest BCUT2D eigenvalue weighted by Crippen LogP contribution is 2.24. The van der Waals surface area contributed by atoms with Gasteiger partial charge in [0.2, 0.25) is 5.96 Å². The Morgan fingerprint density at radius 1 is 1.14 bits per heavy atom. The van der Waals surface area contributed by atoms with Crippen LogP contribution in [-0.4, -0.2) is 41.9 Å². The molecule has 1 heterocycles. The van der Waals surface area contributed by atoms with E-state index in [1.807, 2.05) is 66.4 Å².